The van der Waals surface area contributed by atoms with E-state index in [0.717, 1.165) is 25.2 Å². The number of rotatable bonds is 7. The molecule has 0 aliphatic carbocycles. The third-order valence-corrected chi connectivity index (χ3v) is 6.28. The lowest BCUT2D eigenvalue weighted by Gasteiger charge is -2.29. The second-order valence-electron chi connectivity index (χ2n) is 8.41. The maximum Gasteiger partial charge on any atom is 0.295 e. The van der Waals surface area contributed by atoms with Crippen molar-refractivity contribution in [2.45, 2.75) is 19.4 Å². The lowest BCUT2D eigenvalue weighted by molar-refractivity contribution is -0.140. The minimum atomic E-state index is -0.716. The molecule has 1 amide bonds. The van der Waals surface area contributed by atoms with Gasteiger partial charge in [0.25, 0.3) is 11.7 Å². The molecule has 0 radical (unpaired) electrons. The summed E-state index contributed by atoms with van der Waals surface area (Å²) in [6.45, 7) is 6.30. The largest absolute Gasteiger partial charge is 0.507 e. The molecule has 2 saturated heterocycles. The zero-order chi connectivity index (χ0) is 23.4. The van der Waals surface area contributed by atoms with Crippen LogP contribution in [-0.2, 0) is 14.3 Å². The first-order valence-corrected chi connectivity index (χ1v) is 11.3. The van der Waals surface area contributed by atoms with Crippen molar-refractivity contribution in [3.05, 3.63) is 70.8 Å². The van der Waals surface area contributed by atoms with Gasteiger partial charge < -0.3 is 19.5 Å². The number of hydrogen-bond acceptors (Lipinski definition) is 6. The van der Waals surface area contributed by atoms with E-state index in [1.165, 1.54) is 0 Å². The van der Waals surface area contributed by atoms with E-state index < -0.39 is 17.7 Å². The molecule has 0 saturated carbocycles. The topological polar surface area (TPSA) is 79.3 Å². The Kier molecular flexibility index (Phi) is 7.11. The molecular formula is C26H30N2O5. The third kappa shape index (κ3) is 4.79. The lowest BCUT2D eigenvalue weighted by Crippen LogP contribution is -2.39. The van der Waals surface area contributed by atoms with Gasteiger partial charge in [-0.3, -0.25) is 14.5 Å². The molecule has 1 atom stereocenters. The van der Waals surface area contributed by atoms with Crippen molar-refractivity contribution < 1.29 is 24.2 Å². The number of ketones is 1. The van der Waals surface area contributed by atoms with Crippen molar-refractivity contribution >= 4 is 17.4 Å². The van der Waals surface area contributed by atoms with E-state index >= 15 is 0 Å². The molecule has 7 nitrogen and oxygen atoms in total. The van der Waals surface area contributed by atoms with E-state index in [1.807, 2.05) is 37.3 Å². The molecule has 2 aliphatic heterocycles. The van der Waals surface area contributed by atoms with Gasteiger partial charge >= 0.3 is 0 Å². The second kappa shape index (κ2) is 10.2. The standard InChI is InChI=1S/C26H30N2O5/c1-18-8-10-19(11-9-18)24(29)22-23(20-6-3-4-7-21(20)32-2)28(26(31)25(22)30)13-5-12-27-14-16-33-17-15-27/h3-4,6-11,23,29H,5,12-17H2,1-2H3/b24-22-. The molecule has 2 heterocycles. The highest BCUT2D eigenvalue weighted by Crippen LogP contribution is 2.42. The fourth-order valence-electron chi connectivity index (χ4n) is 4.48. The molecule has 0 spiro atoms. The number of morpholine rings is 1. The van der Waals surface area contributed by atoms with Crippen LogP contribution in [0.4, 0.5) is 0 Å². The number of aryl methyl sites for hydroxylation is 1. The van der Waals surface area contributed by atoms with Gasteiger partial charge in [-0.05, 0) is 19.4 Å². The van der Waals surface area contributed by atoms with Gasteiger partial charge in [0.15, 0.2) is 0 Å². The Morgan fingerprint density at radius 2 is 1.76 bits per heavy atom. The Bertz CT molecular complexity index is 1040. The molecule has 1 N–H and O–H groups in total. The summed E-state index contributed by atoms with van der Waals surface area (Å²) in [5, 5.41) is 11.2. The first kappa shape index (κ1) is 23.0. The van der Waals surface area contributed by atoms with Gasteiger partial charge in [-0.15, -0.1) is 0 Å². The molecule has 174 valence electrons. The van der Waals surface area contributed by atoms with Crippen LogP contribution in [0.2, 0.25) is 0 Å². The number of Topliss-reactive ketones (excluding diaryl/α,β-unsaturated/α-hetero) is 1. The quantitative estimate of drug-likeness (QED) is 0.397. The number of benzene rings is 2. The summed E-state index contributed by atoms with van der Waals surface area (Å²) in [7, 11) is 1.56. The molecule has 2 aliphatic rings. The van der Waals surface area contributed by atoms with Crippen molar-refractivity contribution in [2.24, 2.45) is 0 Å². The number of hydrogen-bond donors (Lipinski definition) is 1. The van der Waals surface area contributed by atoms with Crippen LogP contribution in [0.1, 0.15) is 29.2 Å². The Balaban J connectivity index is 1.70. The van der Waals surface area contributed by atoms with Gasteiger partial charge in [0.2, 0.25) is 0 Å². The summed E-state index contributed by atoms with van der Waals surface area (Å²) in [5.74, 6) is -0.866. The molecular weight excluding hydrogens is 420 g/mol. The molecule has 4 rings (SSSR count). The number of para-hydroxylation sites is 1. The van der Waals surface area contributed by atoms with Gasteiger partial charge in [0, 0.05) is 37.3 Å². The second-order valence-corrected chi connectivity index (χ2v) is 8.41. The smallest absolute Gasteiger partial charge is 0.295 e. The number of amides is 1. The first-order chi connectivity index (χ1) is 16.0. The molecule has 2 aromatic carbocycles. The highest BCUT2D eigenvalue weighted by Gasteiger charge is 2.46. The van der Waals surface area contributed by atoms with Crippen LogP contribution in [0, 0.1) is 6.92 Å². The maximum absolute atomic E-state index is 13.2. The van der Waals surface area contributed by atoms with Crippen molar-refractivity contribution in [1.29, 1.82) is 0 Å². The van der Waals surface area contributed by atoms with Crippen molar-refractivity contribution in [3.63, 3.8) is 0 Å². The minimum Gasteiger partial charge on any atom is -0.507 e. The summed E-state index contributed by atoms with van der Waals surface area (Å²) in [5.41, 5.74) is 2.32. The zero-order valence-electron chi connectivity index (χ0n) is 19.1. The molecule has 33 heavy (non-hydrogen) atoms. The van der Waals surface area contributed by atoms with Gasteiger partial charge in [-0.25, -0.2) is 0 Å². The Hall–Kier alpha value is -3.16. The Morgan fingerprint density at radius 3 is 2.45 bits per heavy atom. The lowest BCUT2D eigenvalue weighted by atomic mass is 9.94. The molecule has 1 unspecified atom stereocenters. The van der Waals surface area contributed by atoms with Gasteiger partial charge in [0.1, 0.15) is 11.5 Å². The highest BCUT2D eigenvalue weighted by atomic mass is 16.5. The van der Waals surface area contributed by atoms with Crippen LogP contribution in [-0.4, -0.2) is 73.1 Å². The van der Waals surface area contributed by atoms with Gasteiger partial charge in [-0.1, -0.05) is 48.0 Å². The SMILES string of the molecule is COc1ccccc1C1/C(=C(/O)c2ccc(C)cc2)C(=O)C(=O)N1CCCN1CCOCC1. The molecule has 2 fully saturated rings. The number of aliphatic hydroxyl groups excluding tert-OH is 1. The summed E-state index contributed by atoms with van der Waals surface area (Å²) < 4.78 is 11.0. The fourth-order valence-corrected chi connectivity index (χ4v) is 4.48. The van der Waals surface area contributed by atoms with Crippen LogP contribution >= 0.6 is 0 Å². The summed E-state index contributed by atoms with van der Waals surface area (Å²) in [4.78, 5) is 30.2. The average molecular weight is 451 g/mol. The number of methoxy groups -OCH3 is 1. The van der Waals surface area contributed by atoms with E-state index in [-0.39, 0.29) is 11.3 Å². The monoisotopic (exact) mass is 450 g/mol. The van der Waals surface area contributed by atoms with E-state index in [0.29, 0.717) is 43.1 Å². The van der Waals surface area contributed by atoms with Gasteiger partial charge in [0.05, 0.1) is 31.9 Å². The number of likely N-dealkylation sites (tertiary alicyclic amines) is 1. The van der Waals surface area contributed by atoms with Crippen LogP contribution in [0.5, 0.6) is 5.75 Å². The molecule has 0 bridgehead atoms. The number of carbonyl (C=O) groups is 2. The first-order valence-electron chi connectivity index (χ1n) is 11.3. The number of ether oxygens (including phenoxy) is 2. The van der Waals surface area contributed by atoms with Crippen LogP contribution in [0.15, 0.2) is 54.1 Å². The summed E-state index contributed by atoms with van der Waals surface area (Å²) in [6.07, 6.45) is 0.712. The third-order valence-electron chi connectivity index (χ3n) is 6.28. The van der Waals surface area contributed by atoms with E-state index in [1.54, 1.807) is 30.2 Å². The Labute approximate surface area is 194 Å². The van der Waals surface area contributed by atoms with Crippen molar-refractivity contribution in [1.82, 2.24) is 9.80 Å². The highest BCUT2D eigenvalue weighted by molar-refractivity contribution is 6.46. The van der Waals surface area contributed by atoms with E-state index in [2.05, 4.69) is 4.90 Å². The number of carbonyl (C=O) groups excluding carboxylic acids is 2. The number of nitrogens with zero attached hydrogens (tertiary/aromatic N) is 2. The zero-order valence-corrected chi connectivity index (χ0v) is 19.1. The molecule has 7 heteroatoms. The van der Waals surface area contributed by atoms with Crippen molar-refractivity contribution in [2.75, 3.05) is 46.5 Å². The number of aliphatic hydroxyl groups is 1. The maximum atomic E-state index is 13.2. The predicted octanol–water partition coefficient (Wildman–Crippen LogP) is 3.15. The fraction of sp³-hybridized carbons (Fsp3) is 0.385. The van der Waals surface area contributed by atoms with E-state index in [9.17, 15) is 14.7 Å². The summed E-state index contributed by atoms with van der Waals surface area (Å²) in [6, 6.07) is 13.9. The van der Waals surface area contributed by atoms with Crippen LogP contribution in [0.25, 0.3) is 5.76 Å². The average Bonchev–Trinajstić information content (AvgIpc) is 3.09. The predicted molar refractivity (Wildman–Crippen MR) is 125 cm³/mol. The summed E-state index contributed by atoms with van der Waals surface area (Å²) >= 11 is 0. The minimum absolute atomic E-state index is 0.0970. The normalized spacial score (nSPS) is 20.9. The van der Waals surface area contributed by atoms with Crippen molar-refractivity contribution in [3.8, 4) is 5.75 Å². The Morgan fingerprint density at radius 1 is 1.06 bits per heavy atom. The van der Waals surface area contributed by atoms with E-state index in [4.69, 9.17) is 9.47 Å². The van der Waals surface area contributed by atoms with Gasteiger partial charge in [-0.2, -0.15) is 0 Å². The van der Waals surface area contributed by atoms with Crippen LogP contribution in [0.3, 0.4) is 0 Å². The molecule has 0 aromatic heterocycles. The molecule has 2 aromatic rings. The van der Waals surface area contributed by atoms with Crippen LogP contribution < -0.4 is 4.74 Å².